The molecule has 0 N–H and O–H groups in total. The Bertz CT molecular complexity index is 674. The van der Waals surface area contributed by atoms with E-state index in [4.69, 9.17) is 14.2 Å². The predicted molar refractivity (Wildman–Crippen MR) is 110 cm³/mol. The van der Waals surface area contributed by atoms with E-state index in [0.717, 1.165) is 11.3 Å². The molecule has 0 bridgehead atoms. The number of hydrogen-bond donors (Lipinski definition) is 0. The molecule has 28 heavy (non-hydrogen) atoms. The van der Waals surface area contributed by atoms with Crippen molar-refractivity contribution in [1.82, 2.24) is 4.90 Å². The van der Waals surface area contributed by atoms with Gasteiger partial charge in [0.15, 0.2) is 6.29 Å². The molecule has 1 aromatic carbocycles. The SMILES string of the molecule is CCOC(OCC)[C@](C)(SC)[C@@H]1[C@@H](C(C)=O)C(=O)N1Cc1ccc(OC)cc1. The van der Waals surface area contributed by atoms with Crippen LogP contribution in [-0.4, -0.2) is 60.2 Å². The highest BCUT2D eigenvalue weighted by molar-refractivity contribution is 8.00. The smallest absolute Gasteiger partial charge is 0.235 e. The van der Waals surface area contributed by atoms with Crippen LogP contribution in [0.4, 0.5) is 0 Å². The van der Waals surface area contributed by atoms with Crippen LogP contribution in [0.3, 0.4) is 0 Å². The summed E-state index contributed by atoms with van der Waals surface area (Å²) < 4.78 is 16.4. The number of β-lactam (4-membered cyclic amide) rings is 1. The first-order valence-corrected chi connectivity index (χ1v) is 10.8. The largest absolute Gasteiger partial charge is 0.497 e. The number of benzene rings is 1. The zero-order valence-electron chi connectivity index (χ0n) is 17.6. The first-order chi connectivity index (χ1) is 13.3. The maximum atomic E-state index is 12.8. The van der Waals surface area contributed by atoms with Crippen molar-refractivity contribution in [3.8, 4) is 5.75 Å². The van der Waals surface area contributed by atoms with Crippen LogP contribution in [0.1, 0.15) is 33.3 Å². The summed E-state index contributed by atoms with van der Waals surface area (Å²) in [5, 5.41) is 0. The van der Waals surface area contributed by atoms with Gasteiger partial charge in [0.05, 0.1) is 17.9 Å². The van der Waals surface area contributed by atoms with Crippen molar-refractivity contribution in [2.45, 2.75) is 51.3 Å². The zero-order valence-corrected chi connectivity index (χ0v) is 18.4. The molecule has 1 heterocycles. The van der Waals surface area contributed by atoms with Crippen LogP contribution in [0.25, 0.3) is 0 Å². The van der Waals surface area contributed by atoms with Crippen molar-refractivity contribution in [2.24, 2.45) is 5.92 Å². The maximum Gasteiger partial charge on any atom is 0.235 e. The van der Waals surface area contributed by atoms with E-state index >= 15 is 0 Å². The van der Waals surface area contributed by atoms with Gasteiger partial charge in [0.1, 0.15) is 17.5 Å². The summed E-state index contributed by atoms with van der Waals surface area (Å²) in [5.41, 5.74) is 0.981. The van der Waals surface area contributed by atoms with Gasteiger partial charge in [-0.2, -0.15) is 11.8 Å². The lowest BCUT2D eigenvalue weighted by Gasteiger charge is -2.55. The van der Waals surface area contributed by atoms with Gasteiger partial charge in [-0.05, 0) is 51.6 Å². The van der Waals surface area contributed by atoms with E-state index in [9.17, 15) is 9.59 Å². The molecule has 0 aromatic heterocycles. The van der Waals surface area contributed by atoms with Crippen LogP contribution in [0.15, 0.2) is 24.3 Å². The lowest BCUT2D eigenvalue weighted by molar-refractivity contribution is -0.191. The molecule has 156 valence electrons. The standard InChI is InChI=1S/C21H31NO5S/c1-7-26-20(27-8-2)21(4,28-6)18-17(14(3)23)19(24)22(18)13-15-9-11-16(25-5)12-10-15/h9-12,17-18,20H,7-8,13H2,1-6H3/t17-,18+,21-/m1/s1. The van der Waals surface area contributed by atoms with Crippen molar-refractivity contribution in [3.63, 3.8) is 0 Å². The van der Waals surface area contributed by atoms with Crippen LogP contribution in [0.5, 0.6) is 5.75 Å². The third-order valence-electron chi connectivity index (χ3n) is 5.28. The number of ketones is 1. The third kappa shape index (κ3) is 4.36. The lowest BCUT2D eigenvalue weighted by Crippen LogP contribution is -2.72. The first-order valence-electron chi connectivity index (χ1n) is 9.56. The second kappa shape index (κ2) is 9.76. The minimum Gasteiger partial charge on any atom is -0.497 e. The molecule has 7 heteroatoms. The van der Waals surface area contributed by atoms with Gasteiger partial charge in [0.2, 0.25) is 5.91 Å². The average Bonchev–Trinajstić information content (AvgIpc) is 2.69. The quantitative estimate of drug-likeness (QED) is 0.318. The lowest BCUT2D eigenvalue weighted by atomic mass is 9.76. The second-order valence-electron chi connectivity index (χ2n) is 6.98. The Morgan fingerprint density at radius 3 is 2.21 bits per heavy atom. The maximum absolute atomic E-state index is 12.8. The number of likely N-dealkylation sites (tertiary alicyclic amines) is 1. The van der Waals surface area contributed by atoms with Crippen LogP contribution < -0.4 is 4.74 Å². The van der Waals surface area contributed by atoms with Gasteiger partial charge in [-0.15, -0.1) is 0 Å². The Labute approximate surface area is 171 Å². The molecule has 1 aromatic rings. The van der Waals surface area contributed by atoms with Gasteiger partial charge in [-0.3, -0.25) is 9.59 Å². The number of carbonyl (C=O) groups is 2. The molecule has 1 aliphatic rings. The topological polar surface area (TPSA) is 65.1 Å². The normalized spacial score (nSPS) is 21.4. The molecular weight excluding hydrogens is 378 g/mol. The highest BCUT2D eigenvalue weighted by Gasteiger charge is 2.60. The first kappa shape index (κ1) is 22.7. The molecule has 1 fully saturated rings. The number of ether oxygens (including phenoxy) is 3. The van der Waals surface area contributed by atoms with E-state index in [1.807, 2.05) is 51.3 Å². The summed E-state index contributed by atoms with van der Waals surface area (Å²) in [4.78, 5) is 26.9. The van der Waals surface area contributed by atoms with Gasteiger partial charge < -0.3 is 19.1 Å². The van der Waals surface area contributed by atoms with Crippen LogP contribution in [-0.2, 0) is 25.6 Å². The fourth-order valence-electron chi connectivity index (χ4n) is 3.73. The number of nitrogens with zero attached hydrogens (tertiary/aromatic N) is 1. The number of methoxy groups -OCH3 is 1. The summed E-state index contributed by atoms with van der Waals surface area (Å²) in [7, 11) is 1.62. The van der Waals surface area contributed by atoms with E-state index in [0.29, 0.717) is 19.8 Å². The van der Waals surface area contributed by atoms with E-state index in [1.165, 1.54) is 6.92 Å². The Morgan fingerprint density at radius 1 is 1.21 bits per heavy atom. The van der Waals surface area contributed by atoms with Crippen molar-refractivity contribution in [3.05, 3.63) is 29.8 Å². The fourth-order valence-corrected chi connectivity index (χ4v) is 4.56. The zero-order chi connectivity index (χ0) is 20.9. The van der Waals surface area contributed by atoms with Crippen molar-refractivity contribution in [1.29, 1.82) is 0 Å². The van der Waals surface area contributed by atoms with Crippen molar-refractivity contribution >= 4 is 23.5 Å². The average molecular weight is 410 g/mol. The van der Waals surface area contributed by atoms with E-state index in [1.54, 1.807) is 23.8 Å². The summed E-state index contributed by atoms with van der Waals surface area (Å²) in [6, 6.07) is 7.30. The number of amides is 1. The summed E-state index contributed by atoms with van der Waals surface area (Å²) in [6.07, 6.45) is 1.45. The van der Waals surface area contributed by atoms with Gasteiger partial charge in [-0.1, -0.05) is 12.1 Å². The third-order valence-corrected chi connectivity index (χ3v) is 6.60. The van der Waals surface area contributed by atoms with Crippen LogP contribution in [0, 0.1) is 5.92 Å². The van der Waals surface area contributed by atoms with Crippen LogP contribution >= 0.6 is 11.8 Å². The Balaban J connectivity index is 2.35. The fraction of sp³-hybridized carbons (Fsp3) is 0.619. The molecule has 1 aliphatic heterocycles. The molecule has 6 nitrogen and oxygen atoms in total. The summed E-state index contributed by atoms with van der Waals surface area (Å²) in [5.74, 6) is -0.161. The van der Waals surface area contributed by atoms with Crippen molar-refractivity contribution in [2.75, 3.05) is 26.6 Å². The molecule has 0 radical (unpaired) electrons. The van der Waals surface area contributed by atoms with E-state index in [2.05, 4.69) is 0 Å². The van der Waals surface area contributed by atoms with E-state index < -0.39 is 17.0 Å². The highest BCUT2D eigenvalue weighted by atomic mass is 32.2. The monoisotopic (exact) mass is 409 g/mol. The highest BCUT2D eigenvalue weighted by Crippen LogP contribution is 2.45. The number of rotatable bonds is 11. The molecule has 1 amide bonds. The Hall–Kier alpha value is -1.57. The summed E-state index contributed by atoms with van der Waals surface area (Å²) >= 11 is 1.57. The molecule has 0 aliphatic carbocycles. The minimum absolute atomic E-state index is 0.118. The Morgan fingerprint density at radius 2 is 1.79 bits per heavy atom. The molecule has 0 unspecified atom stereocenters. The van der Waals surface area contributed by atoms with Gasteiger partial charge in [0, 0.05) is 19.8 Å². The Kier molecular flexibility index (Phi) is 7.92. The number of carbonyl (C=O) groups excluding carboxylic acids is 2. The number of Topliss-reactive ketones (excluding diaryl/α,β-unsaturated/α-hetero) is 1. The minimum atomic E-state index is -0.667. The van der Waals surface area contributed by atoms with Gasteiger partial charge >= 0.3 is 0 Å². The molecule has 3 atom stereocenters. The molecular formula is C21H31NO5S. The molecule has 2 rings (SSSR count). The second-order valence-corrected chi connectivity index (χ2v) is 8.27. The van der Waals surface area contributed by atoms with Crippen LogP contribution in [0.2, 0.25) is 0 Å². The summed E-state index contributed by atoms with van der Waals surface area (Å²) in [6.45, 7) is 8.74. The molecule has 0 saturated carbocycles. The predicted octanol–water partition coefficient (Wildman–Crippen LogP) is 3.13. The van der Waals surface area contributed by atoms with Gasteiger partial charge in [-0.25, -0.2) is 0 Å². The molecule has 1 saturated heterocycles. The van der Waals surface area contributed by atoms with Gasteiger partial charge in [0.25, 0.3) is 0 Å². The number of hydrogen-bond acceptors (Lipinski definition) is 6. The number of thioether (sulfide) groups is 1. The van der Waals surface area contributed by atoms with Crippen molar-refractivity contribution < 1.29 is 23.8 Å². The van der Waals surface area contributed by atoms with E-state index in [-0.39, 0.29) is 17.7 Å². The molecule has 0 spiro atoms.